The van der Waals surface area contributed by atoms with Gasteiger partial charge in [0.1, 0.15) is 0 Å². The molecule has 5 nitrogen and oxygen atoms in total. The van der Waals surface area contributed by atoms with Gasteiger partial charge in [-0.3, -0.25) is 9.59 Å². The minimum Gasteiger partial charge on any atom is -0.481 e. The van der Waals surface area contributed by atoms with Crippen molar-refractivity contribution in [1.82, 2.24) is 5.32 Å². The van der Waals surface area contributed by atoms with Crippen molar-refractivity contribution in [2.75, 3.05) is 6.54 Å². The van der Waals surface area contributed by atoms with Gasteiger partial charge in [-0.1, -0.05) is 19.8 Å². The second-order valence-corrected chi connectivity index (χ2v) is 5.66. The summed E-state index contributed by atoms with van der Waals surface area (Å²) in [6.07, 6.45) is 4.89. The SMILES string of the molecule is CCC(O)CCNC(=O)CC1(CC(=O)O)CCCC1. The largest absolute Gasteiger partial charge is 0.481 e. The molecule has 0 aromatic heterocycles. The van der Waals surface area contributed by atoms with Crippen molar-refractivity contribution >= 4 is 11.9 Å². The first-order valence-corrected chi connectivity index (χ1v) is 7.14. The highest BCUT2D eigenvalue weighted by molar-refractivity contribution is 5.78. The molecule has 110 valence electrons. The zero-order chi connectivity index (χ0) is 14.3. The van der Waals surface area contributed by atoms with Gasteiger partial charge in [0.05, 0.1) is 12.5 Å². The number of nitrogens with one attached hydrogen (secondary N) is 1. The molecule has 0 spiro atoms. The number of carboxylic acid groups (broad SMARTS) is 1. The molecular formula is C14H25NO4. The number of rotatable bonds is 8. The topological polar surface area (TPSA) is 86.6 Å². The van der Waals surface area contributed by atoms with E-state index in [-0.39, 0.29) is 23.8 Å². The average Bonchev–Trinajstić information content (AvgIpc) is 2.75. The monoisotopic (exact) mass is 271 g/mol. The third-order valence-electron chi connectivity index (χ3n) is 4.00. The van der Waals surface area contributed by atoms with Crippen molar-refractivity contribution in [1.29, 1.82) is 0 Å². The molecule has 0 aromatic rings. The van der Waals surface area contributed by atoms with Crippen LogP contribution in [0.15, 0.2) is 0 Å². The maximum Gasteiger partial charge on any atom is 0.303 e. The molecule has 0 radical (unpaired) electrons. The lowest BCUT2D eigenvalue weighted by molar-refractivity contribution is -0.140. The zero-order valence-corrected chi connectivity index (χ0v) is 11.7. The van der Waals surface area contributed by atoms with E-state index in [2.05, 4.69) is 5.32 Å². The molecule has 1 amide bonds. The number of hydrogen-bond acceptors (Lipinski definition) is 3. The Morgan fingerprint density at radius 3 is 2.42 bits per heavy atom. The highest BCUT2D eigenvalue weighted by Crippen LogP contribution is 2.43. The van der Waals surface area contributed by atoms with Gasteiger partial charge >= 0.3 is 5.97 Å². The lowest BCUT2D eigenvalue weighted by Crippen LogP contribution is -2.33. The van der Waals surface area contributed by atoms with Crippen LogP contribution in [0.5, 0.6) is 0 Å². The number of aliphatic carboxylic acids is 1. The fourth-order valence-corrected chi connectivity index (χ4v) is 2.85. The van der Waals surface area contributed by atoms with Gasteiger partial charge < -0.3 is 15.5 Å². The smallest absolute Gasteiger partial charge is 0.303 e. The van der Waals surface area contributed by atoms with Crippen molar-refractivity contribution in [3.05, 3.63) is 0 Å². The Balaban J connectivity index is 2.37. The first-order valence-electron chi connectivity index (χ1n) is 7.14. The molecule has 1 aliphatic carbocycles. The zero-order valence-electron chi connectivity index (χ0n) is 11.7. The minimum absolute atomic E-state index is 0.0814. The van der Waals surface area contributed by atoms with Crippen LogP contribution < -0.4 is 5.32 Å². The molecular weight excluding hydrogens is 246 g/mol. The number of amides is 1. The van der Waals surface area contributed by atoms with Crippen LogP contribution in [0.3, 0.4) is 0 Å². The van der Waals surface area contributed by atoms with Crippen LogP contribution in [0.4, 0.5) is 0 Å². The van der Waals surface area contributed by atoms with Crippen molar-refractivity contribution in [2.45, 2.75) is 64.4 Å². The van der Waals surface area contributed by atoms with E-state index in [1.807, 2.05) is 6.92 Å². The number of hydrogen-bond donors (Lipinski definition) is 3. The Morgan fingerprint density at radius 2 is 1.89 bits per heavy atom. The Bertz CT molecular complexity index is 311. The van der Waals surface area contributed by atoms with E-state index in [1.165, 1.54) is 0 Å². The molecule has 0 heterocycles. The van der Waals surface area contributed by atoms with E-state index in [9.17, 15) is 14.7 Å². The predicted molar refractivity (Wildman–Crippen MR) is 71.7 cm³/mol. The van der Waals surface area contributed by atoms with E-state index < -0.39 is 5.97 Å². The van der Waals surface area contributed by atoms with Crippen LogP contribution in [-0.2, 0) is 9.59 Å². The molecule has 0 bridgehead atoms. The van der Waals surface area contributed by atoms with Crippen LogP contribution in [0.1, 0.15) is 58.3 Å². The van der Waals surface area contributed by atoms with E-state index in [4.69, 9.17) is 5.11 Å². The summed E-state index contributed by atoms with van der Waals surface area (Å²) < 4.78 is 0. The molecule has 1 saturated carbocycles. The lowest BCUT2D eigenvalue weighted by Gasteiger charge is -2.26. The third kappa shape index (κ3) is 5.59. The summed E-state index contributed by atoms with van der Waals surface area (Å²) in [5, 5.41) is 21.1. The highest BCUT2D eigenvalue weighted by Gasteiger charge is 2.37. The minimum atomic E-state index is -0.823. The first kappa shape index (κ1) is 16.0. The van der Waals surface area contributed by atoms with Gasteiger partial charge in [-0.15, -0.1) is 0 Å². The van der Waals surface area contributed by atoms with Gasteiger partial charge in [-0.25, -0.2) is 0 Å². The molecule has 5 heteroatoms. The molecule has 1 aliphatic rings. The summed E-state index contributed by atoms with van der Waals surface area (Å²) in [6, 6.07) is 0. The maximum atomic E-state index is 11.9. The molecule has 1 unspecified atom stereocenters. The van der Waals surface area contributed by atoms with Gasteiger partial charge in [0.25, 0.3) is 0 Å². The molecule has 0 aromatic carbocycles. The van der Waals surface area contributed by atoms with Crippen LogP contribution in [-0.4, -0.2) is 34.7 Å². The Kier molecular flexibility index (Phi) is 6.28. The second kappa shape index (κ2) is 7.48. The van der Waals surface area contributed by atoms with Crippen molar-refractivity contribution in [2.24, 2.45) is 5.41 Å². The van der Waals surface area contributed by atoms with Gasteiger partial charge in [0.15, 0.2) is 0 Å². The Hall–Kier alpha value is -1.10. The van der Waals surface area contributed by atoms with E-state index in [1.54, 1.807) is 0 Å². The first-order chi connectivity index (χ1) is 8.97. The van der Waals surface area contributed by atoms with Gasteiger partial charge in [0, 0.05) is 13.0 Å². The predicted octanol–water partition coefficient (Wildman–Crippen LogP) is 1.69. The summed E-state index contributed by atoms with van der Waals surface area (Å²) >= 11 is 0. The average molecular weight is 271 g/mol. The molecule has 3 N–H and O–H groups in total. The number of aliphatic hydroxyl groups is 1. The van der Waals surface area contributed by atoms with Crippen molar-refractivity contribution in [3.63, 3.8) is 0 Å². The summed E-state index contributed by atoms with van der Waals surface area (Å²) in [6.45, 7) is 2.35. The number of carbonyl (C=O) groups excluding carboxylic acids is 1. The quantitative estimate of drug-likeness (QED) is 0.627. The second-order valence-electron chi connectivity index (χ2n) is 5.66. The van der Waals surface area contributed by atoms with Gasteiger partial charge in [-0.2, -0.15) is 0 Å². The number of aliphatic hydroxyl groups excluding tert-OH is 1. The standard InChI is InChI=1S/C14H25NO4/c1-2-11(16)5-8-15-12(17)9-14(10-13(18)19)6-3-4-7-14/h11,16H,2-10H2,1H3,(H,15,17)(H,18,19). The van der Waals surface area contributed by atoms with Crippen LogP contribution in [0.2, 0.25) is 0 Å². The normalized spacial score (nSPS) is 19.1. The van der Waals surface area contributed by atoms with Crippen LogP contribution in [0, 0.1) is 5.41 Å². The molecule has 19 heavy (non-hydrogen) atoms. The van der Waals surface area contributed by atoms with E-state index in [0.29, 0.717) is 25.8 Å². The fraction of sp³-hybridized carbons (Fsp3) is 0.857. The number of carbonyl (C=O) groups is 2. The van der Waals surface area contributed by atoms with Crippen molar-refractivity contribution < 1.29 is 19.8 Å². The molecule has 0 saturated heterocycles. The molecule has 1 rings (SSSR count). The van der Waals surface area contributed by atoms with Crippen LogP contribution >= 0.6 is 0 Å². The lowest BCUT2D eigenvalue weighted by atomic mass is 9.79. The van der Waals surface area contributed by atoms with Gasteiger partial charge in [-0.05, 0) is 31.1 Å². The summed E-state index contributed by atoms with van der Waals surface area (Å²) in [5.74, 6) is -0.914. The Labute approximate surface area is 114 Å². The fourth-order valence-electron chi connectivity index (χ4n) is 2.85. The molecule has 1 fully saturated rings. The Morgan fingerprint density at radius 1 is 1.26 bits per heavy atom. The van der Waals surface area contributed by atoms with E-state index in [0.717, 1.165) is 25.7 Å². The van der Waals surface area contributed by atoms with Crippen molar-refractivity contribution in [3.8, 4) is 0 Å². The molecule has 1 atom stereocenters. The summed E-state index contributed by atoms with van der Waals surface area (Å²) in [5.41, 5.74) is -0.348. The number of carboxylic acids is 1. The van der Waals surface area contributed by atoms with E-state index >= 15 is 0 Å². The summed E-state index contributed by atoms with van der Waals surface area (Å²) in [7, 11) is 0. The third-order valence-corrected chi connectivity index (χ3v) is 4.00. The highest BCUT2D eigenvalue weighted by atomic mass is 16.4. The maximum absolute atomic E-state index is 11.9. The van der Waals surface area contributed by atoms with Gasteiger partial charge in [0.2, 0.25) is 5.91 Å². The van der Waals surface area contributed by atoms with Crippen LogP contribution in [0.25, 0.3) is 0 Å². The summed E-state index contributed by atoms with van der Waals surface area (Å²) in [4.78, 5) is 22.8. The molecule has 0 aliphatic heterocycles.